The molecule has 19 heavy (non-hydrogen) atoms. The minimum Gasteiger partial charge on any atom is -0.376 e. The predicted molar refractivity (Wildman–Crippen MR) is 82.5 cm³/mol. The van der Waals surface area contributed by atoms with Crippen molar-refractivity contribution in [3.63, 3.8) is 0 Å². The molecule has 1 aromatic rings. The summed E-state index contributed by atoms with van der Waals surface area (Å²) in [6.07, 6.45) is 5.42. The number of para-hydroxylation sites is 1. The highest BCUT2D eigenvalue weighted by Gasteiger charge is 2.17. The summed E-state index contributed by atoms with van der Waals surface area (Å²) in [6.45, 7) is 6.35. The minimum absolute atomic E-state index is 0.0990. The maximum atomic E-state index is 12.2. The molecule has 0 amide bonds. The number of rotatable bonds is 9. The lowest BCUT2D eigenvalue weighted by molar-refractivity contribution is -0.120. The van der Waals surface area contributed by atoms with Crippen molar-refractivity contribution in [2.24, 2.45) is 5.92 Å². The molecule has 0 aliphatic carbocycles. The predicted octanol–water partition coefficient (Wildman–Crippen LogP) is 4.66. The van der Waals surface area contributed by atoms with Crippen LogP contribution in [0.15, 0.2) is 30.3 Å². The van der Waals surface area contributed by atoms with Crippen molar-refractivity contribution in [3.8, 4) is 0 Å². The molecule has 1 aromatic carbocycles. The molecule has 2 heteroatoms. The van der Waals surface area contributed by atoms with Crippen LogP contribution in [0.25, 0.3) is 0 Å². The number of ketones is 1. The van der Waals surface area contributed by atoms with Crippen LogP contribution in [0.4, 0.5) is 5.69 Å². The van der Waals surface area contributed by atoms with Gasteiger partial charge in [-0.3, -0.25) is 4.79 Å². The molecule has 106 valence electrons. The first-order chi connectivity index (χ1) is 9.17. The lowest BCUT2D eigenvalue weighted by Gasteiger charge is -2.18. The Kier molecular flexibility index (Phi) is 7.24. The third-order valence-corrected chi connectivity index (χ3v) is 3.67. The van der Waals surface area contributed by atoms with E-state index >= 15 is 0 Å². The molecule has 0 aliphatic heterocycles. The molecule has 0 aromatic heterocycles. The van der Waals surface area contributed by atoms with E-state index in [4.69, 9.17) is 0 Å². The number of nitrogens with one attached hydrogen (secondary N) is 1. The van der Waals surface area contributed by atoms with Gasteiger partial charge in [-0.15, -0.1) is 0 Å². The van der Waals surface area contributed by atoms with Gasteiger partial charge in [0.25, 0.3) is 0 Å². The molecular formula is C17H27NO. The highest BCUT2D eigenvalue weighted by Crippen LogP contribution is 2.18. The monoisotopic (exact) mass is 261 g/mol. The summed E-state index contributed by atoms with van der Waals surface area (Å²) in [7, 11) is 0. The van der Waals surface area contributed by atoms with Crippen molar-refractivity contribution in [2.45, 2.75) is 58.9 Å². The second kappa shape index (κ2) is 8.73. The van der Waals surface area contributed by atoms with Crippen LogP contribution in [0.3, 0.4) is 0 Å². The second-order valence-corrected chi connectivity index (χ2v) is 5.32. The van der Waals surface area contributed by atoms with Crippen molar-refractivity contribution in [3.05, 3.63) is 30.3 Å². The van der Waals surface area contributed by atoms with Gasteiger partial charge in [-0.25, -0.2) is 0 Å². The molecule has 0 saturated carbocycles. The molecule has 2 nitrogen and oxygen atoms in total. The summed E-state index contributed by atoms with van der Waals surface area (Å²) in [6, 6.07) is 9.84. The van der Waals surface area contributed by atoms with Crippen LogP contribution in [0.5, 0.6) is 0 Å². The summed E-state index contributed by atoms with van der Waals surface area (Å²) in [4.78, 5) is 12.2. The fourth-order valence-electron chi connectivity index (χ4n) is 2.27. The molecule has 2 atom stereocenters. The topological polar surface area (TPSA) is 29.1 Å². The maximum absolute atomic E-state index is 12.2. The van der Waals surface area contributed by atoms with Crippen LogP contribution >= 0.6 is 0 Å². The summed E-state index contributed by atoms with van der Waals surface area (Å²) in [5, 5.41) is 3.28. The Labute approximate surface area is 117 Å². The van der Waals surface area contributed by atoms with Crippen LogP contribution in [0.2, 0.25) is 0 Å². The molecule has 0 aliphatic rings. The number of carbonyl (C=O) groups excluding carboxylic acids is 1. The number of benzene rings is 1. The van der Waals surface area contributed by atoms with Gasteiger partial charge in [0.2, 0.25) is 0 Å². The van der Waals surface area contributed by atoms with Gasteiger partial charge in [-0.1, -0.05) is 57.7 Å². The Balaban J connectivity index is 2.43. The van der Waals surface area contributed by atoms with Gasteiger partial charge in [0.15, 0.2) is 5.78 Å². The largest absolute Gasteiger partial charge is 0.376 e. The maximum Gasteiger partial charge on any atom is 0.154 e. The molecule has 0 spiro atoms. The van der Waals surface area contributed by atoms with E-state index in [-0.39, 0.29) is 6.04 Å². The lowest BCUT2D eigenvalue weighted by atomic mass is 9.92. The van der Waals surface area contributed by atoms with Crippen molar-refractivity contribution in [2.75, 3.05) is 5.32 Å². The lowest BCUT2D eigenvalue weighted by Crippen LogP contribution is -2.27. The van der Waals surface area contributed by atoms with E-state index in [2.05, 4.69) is 19.2 Å². The van der Waals surface area contributed by atoms with E-state index in [9.17, 15) is 4.79 Å². The summed E-state index contributed by atoms with van der Waals surface area (Å²) < 4.78 is 0. The SMILES string of the molecule is CCCCC(CC)CC(=O)C(C)Nc1ccccc1. The molecule has 2 unspecified atom stereocenters. The Morgan fingerprint density at radius 1 is 1.21 bits per heavy atom. The number of carbonyl (C=O) groups is 1. The van der Waals surface area contributed by atoms with Gasteiger partial charge >= 0.3 is 0 Å². The molecule has 0 heterocycles. The average Bonchev–Trinajstić information content (AvgIpc) is 2.44. The van der Waals surface area contributed by atoms with Crippen LogP contribution in [0.1, 0.15) is 52.9 Å². The van der Waals surface area contributed by atoms with Crippen LogP contribution in [-0.2, 0) is 4.79 Å². The Morgan fingerprint density at radius 3 is 2.47 bits per heavy atom. The van der Waals surface area contributed by atoms with E-state index in [0.717, 1.165) is 12.1 Å². The zero-order chi connectivity index (χ0) is 14.1. The quantitative estimate of drug-likeness (QED) is 0.700. The van der Waals surface area contributed by atoms with Gasteiger partial charge in [-0.2, -0.15) is 0 Å². The fourth-order valence-corrected chi connectivity index (χ4v) is 2.27. The standard InChI is InChI=1S/C17H27NO/c1-4-6-10-15(5-2)13-17(19)14(3)18-16-11-8-7-9-12-16/h7-9,11-12,14-15,18H,4-6,10,13H2,1-3H3. The van der Waals surface area contributed by atoms with E-state index in [1.807, 2.05) is 37.3 Å². The molecule has 0 saturated heterocycles. The van der Waals surface area contributed by atoms with Crippen molar-refractivity contribution < 1.29 is 4.79 Å². The number of anilines is 1. The summed E-state index contributed by atoms with van der Waals surface area (Å²) in [5.74, 6) is 0.874. The van der Waals surface area contributed by atoms with Gasteiger partial charge in [-0.05, 0) is 25.0 Å². The van der Waals surface area contributed by atoms with Gasteiger partial charge in [0.05, 0.1) is 6.04 Å². The van der Waals surface area contributed by atoms with Crippen LogP contribution in [0, 0.1) is 5.92 Å². The smallest absolute Gasteiger partial charge is 0.154 e. The normalized spacial score (nSPS) is 13.8. The molecule has 0 radical (unpaired) electrons. The number of Topliss-reactive ketones (excluding diaryl/α,β-unsaturated/α-hetero) is 1. The summed E-state index contributed by atoms with van der Waals surface area (Å²) >= 11 is 0. The van der Waals surface area contributed by atoms with Crippen LogP contribution in [-0.4, -0.2) is 11.8 Å². The highest BCUT2D eigenvalue weighted by atomic mass is 16.1. The van der Waals surface area contributed by atoms with Gasteiger partial charge < -0.3 is 5.32 Å². The number of unbranched alkanes of at least 4 members (excludes halogenated alkanes) is 1. The molecule has 0 fully saturated rings. The van der Waals surface area contributed by atoms with Crippen molar-refractivity contribution in [1.82, 2.24) is 0 Å². The van der Waals surface area contributed by atoms with E-state index < -0.39 is 0 Å². The first kappa shape index (κ1) is 15.7. The summed E-state index contributed by atoms with van der Waals surface area (Å²) in [5.41, 5.74) is 1.02. The number of hydrogen-bond acceptors (Lipinski definition) is 2. The Morgan fingerprint density at radius 2 is 1.89 bits per heavy atom. The molecule has 0 bridgehead atoms. The van der Waals surface area contributed by atoms with E-state index in [1.54, 1.807) is 0 Å². The first-order valence-corrected chi connectivity index (χ1v) is 7.51. The van der Waals surface area contributed by atoms with Crippen molar-refractivity contribution in [1.29, 1.82) is 0 Å². The molecule has 1 N–H and O–H groups in total. The third-order valence-electron chi connectivity index (χ3n) is 3.67. The van der Waals surface area contributed by atoms with E-state index in [0.29, 0.717) is 18.1 Å². The van der Waals surface area contributed by atoms with Gasteiger partial charge in [0.1, 0.15) is 0 Å². The Bertz CT molecular complexity index is 361. The minimum atomic E-state index is -0.0990. The first-order valence-electron chi connectivity index (χ1n) is 7.51. The van der Waals surface area contributed by atoms with Crippen molar-refractivity contribution >= 4 is 11.5 Å². The molecular weight excluding hydrogens is 234 g/mol. The third kappa shape index (κ3) is 5.91. The second-order valence-electron chi connectivity index (χ2n) is 5.32. The van der Waals surface area contributed by atoms with Gasteiger partial charge in [0, 0.05) is 12.1 Å². The Hall–Kier alpha value is -1.31. The molecule has 1 rings (SSSR count). The zero-order valence-electron chi connectivity index (χ0n) is 12.5. The fraction of sp³-hybridized carbons (Fsp3) is 0.588. The van der Waals surface area contributed by atoms with Crippen LogP contribution < -0.4 is 5.32 Å². The average molecular weight is 261 g/mol. The highest BCUT2D eigenvalue weighted by molar-refractivity contribution is 5.86. The zero-order valence-corrected chi connectivity index (χ0v) is 12.5. The van der Waals surface area contributed by atoms with E-state index in [1.165, 1.54) is 19.3 Å². The number of hydrogen-bond donors (Lipinski definition) is 1.